The normalized spacial score (nSPS) is 10.6. The first kappa shape index (κ1) is 12.2. The minimum Gasteiger partial charge on any atom is -0.399 e. The summed E-state index contributed by atoms with van der Waals surface area (Å²) in [5.41, 5.74) is 7.69. The van der Waals surface area contributed by atoms with E-state index in [2.05, 4.69) is 5.10 Å². The molecule has 0 saturated heterocycles. The van der Waals surface area contributed by atoms with E-state index in [4.69, 9.17) is 5.73 Å². The van der Waals surface area contributed by atoms with E-state index in [0.29, 0.717) is 23.4 Å². The summed E-state index contributed by atoms with van der Waals surface area (Å²) in [5, 5.41) is 2.56. The van der Waals surface area contributed by atoms with Gasteiger partial charge in [0.2, 0.25) is 0 Å². The van der Waals surface area contributed by atoms with Gasteiger partial charge in [-0.2, -0.15) is 0 Å². The van der Waals surface area contributed by atoms with E-state index in [1.54, 1.807) is 26.0 Å². The van der Waals surface area contributed by atoms with Gasteiger partial charge in [0.15, 0.2) is 0 Å². The van der Waals surface area contributed by atoms with E-state index in [1.165, 1.54) is 4.68 Å². The van der Waals surface area contributed by atoms with Crippen LogP contribution in [0.15, 0.2) is 33.9 Å². The van der Waals surface area contributed by atoms with Crippen molar-refractivity contribution in [3.63, 3.8) is 0 Å². The number of H-pyrrole nitrogens is 1. The molecule has 0 unspecified atom stereocenters. The lowest BCUT2D eigenvalue weighted by Crippen LogP contribution is -2.33. The van der Waals surface area contributed by atoms with E-state index < -0.39 is 0 Å². The summed E-state index contributed by atoms with van der Waals surface area (Å²) in [6, 6.07) is 7.22. The van der Waals surface area contributed by atoms with Crippen LogP contribution < -0.4 is 16.9 Å². The minimum atomic E-state index is -0.240. The summed E-state index contributed by atoms with van der Waals surface area (Å²) in [6.07, 6.45) is 0. The molecule has 18 heavy (non-hydrogen) atoms. The number of anilines is 1. The van der Waals surface area contributed by atoms with Gasteiger partial charge in [-0.1, -0.05) is 12.1 Å². The average Bonchev–Trinajstić information content (AvgIpc) is 2.33. The minimum absolute atomic E-state index is 0.186. The van der Waals surface area contributed by atoms with Gasteiger partial charge in [0.25, 0.3) is 11.1 Å². The molecule has 94 valence electrons. The van der Waals surface area contributed by atoms with Crippen molar-refractivity contribution in [2.45, 2.75) is 20.4 Å². The fourth-order valence-electron chi connectivity index (χ4n) is 1.78. The van der Waals surface area contributed by atoms with Crippen LogP contribution in [-0.2, 0) is 6.54 Å². The van der Waals surface area contributed by atoms with Gasteiger partial charge in [-0.05, 0) is 31.5 Å². The third-order valence-electron chi connectivity index (χ3n) is 3.00. The van der Waals surface area contributed by atoms with Gasteiger partial charge in [-0.15, -0.1) is 0 Å². The first-order valence-electron chi connectivity index (χ1n) is 5.64. The Bertz CT molecular complexity index is 698. The Balaban J connectivity index is 2.48. The average molecular weight is 245 g/mol. The lowest BCUT2D eigenvalue weighted by molar-refractivity contribution is 0.618. The number of aromatic amines is 1. The van der Waals surface area contributed by atoms with E-state index >= 15 is 0 Å². The number of aromatic nitrogens is 2. The molecule has 0 aliphatic heterocycles. The van der Waals surface area contributed by atoms with Crippen LogP contribution >= 0.6 is 0 Å². The second kappa shape index (κ2) is 4.52. The maximum Gasteiger partial charge on any atom is 0.268 e. The molecule has 3 N–H and O–H groups in total. The first-order valence-corrected chi connectivity index (χ1v) is 5.64. The summed E-state index contributed by atoms with van der Waals surface area (Å²) in [4.78, 5) is 23.6. The van der Waals surface area contributed by atoms with Crippen LogP contribution in [0.2, 0.25) is 0 Å². The summed E-state index contributed by atoms with van der Waals surface area (Å²) >= 11 is 0. The molecule has 0 fully saturated rings. The molecule has 2 aromatic rings. The molecule has 0 spiro atoms. The van der Waals surface area contributed by atoms with Crippen molar-refractivity contribution in [1.82, 2.24) is 9.78 Å². The highest BCUT2D eigenvalue weighted by atomic mass is 16.2. The second-order valence-corrected chi connectivity index (χ2v) is 4.33. The molecule has 5 heteroatoms. The quantitative estimate of drug-likeness (QED) is 0.767. The van der Waals surface area contributed by atoms with Gasteiger partial charge < -0.3 is 5.73 Å². The van der Waals surface area contributed by atoms with Gasteiger partial charge in [-0.25, -0.2) is 4.68 Å². The Morgan fingerprint density at radius 3 is 2.61 bits per heavy atom. The van der Waals surface area contributed by atoms with Crippen LogP contribution in [0.25, 0.3) is 0 Å². The van der Waals surface area contributed by atoms with Crippen LogP contribution in [0.5, 0.6) is 0 Å². The van der Waals surface area contributed by atoms with Crippen molar-refractivity contribution in [2.75, 3.05) is 5.73 Å². The molecule has 0 aliphatic carbocycles. The van der Waals surface area contributed by atoms with E-state index in [-0.39, 0.29) is 11.1 Å². The molecule has 1 aromatic heterocycles. The predicted molar refractivity (Wildman–Crippen MR) is 70.8 cm³/mol. The maximum absolute atomic E-state index is 12.0. The second-order valence-electron chi connectivity index (χ2n) is 4.33. The van der Waals surface area contributed by atoms with Crippen LogP contribution in [0.4, 0.5) is 5.69 Å². The monoisotopic (exact) mass is 245 g/mol. The summed E-state index contributed by atoms with van der Waals surface area (Å²) in [7, 11) is 0. The molecule has 5 nitrogen and oxygen atoms in total. The molecular formula is C13H15N3O2. The predicted octanol–water partition coefficient (Wildman–Crippen LogP) is 0.784. The highest BCUT2D eigenvalue weighted by molar-refractivity contribution is 5.40. The van der Waals surface area contributed by atoms with E-state index in [1.807, 2.05) is 12.1 Å². The number of nitrogens with zero attached hydrogens (tertiary/aromatic N) is 1. The zero-order valence-electron chi connectivity index (χ0n) is 10.4. The topological polar surface area (TPSA) is 80.9 Å². The third-order valence-corrected chi connectivity index (χ3v) is 3.00. The van der Waals surface area contributed by atoms with Crippen molar-refractivity contribution < 1.29 is 0 Å². The molecule has 1 aromatic carbocycles. The standard InChI is InChI=1S/C13H15N3O2/c1-8-9(2)13(18)16(15-12(8)17)7-10-4-3-5-11(14)6-10/h3-6H,7,14H2,1-2H3,(H,15,17). The Labute approximate surface area is 104 Å². The molecule has 0 amide bonds. The number of benzene rings is 1. The van der Waals surface area contributed by atoms with Gasteiger partial charge in [0.05, 0.1) is 6.54 Å². The lowest BCUT2D eigenvalue weighted by atomic mass is 10.2. The Hall–Kier alpha value is -2.30. The summed E-state index contributed by atoms with van der Waals surface area (Å²) < 4.78 is 1.30. The van der Waals surface area contributed by atoms with Crippen LogP contribution in [0.3, 0.4) is 0 Å². The van der Waals surface area contributed by atoms with Crippen LogP contribution in [0.1, 0.15) is 16.7 Å². The van der Waals surface area contributed by atoms with Gasteiger partial charge in [0, 0.05) is 16.8 Å². The van der Waals surface area contributed by atoms with Crippen molar-refractivity contribution in [3.05, 3.63) is 61.7 Å². The Morgan fingerprint density at radius 2 is 1.94 bits per heavy atom. The number of nitrogens with two attached hydrogens (primary N) is 1. The van der Waals surface area contributed by atoms with Crippen LogP contribution in [0, 0.1) is 13.8 Å². The lowest BCUT2D eigenvalue weighted by Gasteiger charge is -2.08. The fourth-order valence-corrected chi connectivity index (χ4v) is 1.78. The SMILES string of the molecule is Cc1c(C)c(=O)n(Cc2cccc(N)c2)[nH]c1=O. The molecule has 0 aliphatic rings. The van der Waals surface area contributed by atoms with Crippen molar-refractivity contribution in [3.8, 4) is 0 Å². The van der Waals surface area contributed by atoms with Crippen LogP contribution in [-0.4, -0.2) is 9.78 Å². The summed E-state index contributed by atoms with van der Waals surface area (Å²) in [5.74, 6) is 0. The largest absolute Gasteiger partial charge is 0.399 e. The zero-order valence-corrected chi connectivity index (χ0v) is 10.4. The highest BCUT2D eigenvalue weighted by Crippen LogP contribution is 2.07. The summed E-state index contributed by atoms with van der Waals surface area (Å²) in [6.45, 7) is 3.60. The van der Waals surface area contributed by atoms with Crippen molar-refractivity contribution in [2.24, 2.45) is 0 Å². The number of nitrogens with one attached hydrogen (secondary N) is 1. The van der Waals surface area contributed by atoms with Crippen molar-refractivity contribution in [1.29, 1.82) is 0 Å². The first-order chi connectivity index (χ1) is 8.49. The van der Waals surface area contributed by atoms with Gasteiger partial charge in [0.1, 0.15) is 0 Å². The molecule has 0 bridgehead atoms. The maximum atomic E-state index is 12.0. The third kappa shape index (κ3) is 2.20. The molecule has 2 rings (SSSR count). The number of rotatable bonds is 2. The van der Waals surface area contributed by atoms with E-state index in [0.717, 1.165) is 5.56 Å². The smallest absolute Gasteiger partial charge is 0.268 e. The van der Waals surface area contributed by atoms with Gasteiger partial charge >= 0.3 is 0 Å². The fraction of sp³-hybridized carbons (Fsp3) is 0.231. The van der Waals surface area contributed by atoms with Crippen molar-refractivity contribution >= 4 is 5.69 Å². The molecule has 0 atom stereocenters. The molecule has 1 heterocycles. The Morgan fingerprint density at radius 1 is 1.22 bits per heavy atom. The van der Waals surface area contributed by atoms with E-state index in [9.17, 15) is 9.59 Å². The Kier molecular flexibility index (Phi) is 3.06. The van der Waals surface area contributed by atoms with Gasteiger partial charge in [-0.3, -0.25) is 14.7 Å². The number of hydrogen-bond donors (Lipinski definition) is 2. The molecule has 0 saturated carbocycles. The number of nitrogen functional groups attached to an aromatic ring is 1. The number of hydrogen-bond acceptors (Lipinski definition) is 3. The zero-order chi connectivity index (χ0) is 13.3. The molecule has 0 radical (unpaired) electrons. The molecular weight excluding hydrogens is 230 g/mol. The highest BCUT2D eigenvalue weighted by Gasteiger charge is 2.07.